The third-order valence-electron chi connectivity index (χ3n) is 2.52. The van der Waals surface area contributed by atoms with E-state index in [1.54, 1.807) is 0 Å². The second-order valence-corrected chi connectivity index (χ2v) is 4.58. The Bertz CT molecular complexity index is 317. The summed E-state index contributed by atoms with van der Waals surface area (Å²) >= 11 is 0. The fourth-order valence-corrected chi connectivity index (χ4v) is 1.56. The molecule has 0 aliphatic rings. The molecule has 1 aromatic rings. The van der Waals surface area contributed by atoms with Crippen molar-refractivity contribution in [2.45, 2.75) is 38.8 Å². The van der Waals surface area contributed by atoms with Gasteiger partial charge in [0.05, 0.1) is 6.10 Å². The smallest absolute Gasteiger partial charge is 0.119 e. The maximum Gasteiger partial charge on any atom is 0.119 e. The lowest BCUT2D eigenvalue weighted by atomic mass is 9.90. The third kappa shape index (κ3) is 3.51. The maximum absolute atomic E-state index is 8.93. The van der Waals surface area contributed by atoms with E-state index in [1.807, 2.05) is 45.0 Å². The molecule has 0 saturated carbocycles. The summed E-state index contributed by atoms with van der Waals surface area (Å²) in [6.45, 7) is 6.00. The van der Waals surface area contributed by atoms with Crippen molar-refractivity contribution in [3.8, 4) is 5.75 Å². The normalized spacial score (nSPS) is 14.9. The molecular formula is C13H21NO2. The van der Waals surface area contributed by atoms with Crippen LogP contribution in [0.1, 0.15) is 32.8 Å². The summed E-state index contributed by atoms with van der Waals surface area (Å²) in [5, 5.41) is 8.93. The Kier molecular flexibility index (Phi) is 4.33. The van der Waals surface area contributed by atoms with Gasteiger partial charge in [-0.1, -0.05) is 12.1 Å². The average Bonchev–Trinajstić information content (AvgIpc) is 2.17. The molecule has 0 radical (unpaired) electrons. The van der Waals surface area contributed by atoms with Crippen molar-refractivity contribution in [3.05, 3.63) is 29.8 Å². The van der Waals surface area contributed by atoms with Gasteiger partial charge in [-0.25, -0.2) is 0 Å². The molecule has 0 spiro atoms. The first-order valence-corrected chi connectivity index (χ1v) is 5.62. The molecule has 3 nitrogen and oxygen atoms in total. The first-order chi connectivity index (χ1) is 7.45. The molecule has 90 valence electrons. The van der Waals surface area contributed by atoms with E-state index in [2.05, 4.69) is 0 Å². The summed E-state index contributed by atoms with van der Waals surface area (Å²) in [7, 11) is 0. The van der Waals surface area contributed by atoms with Gasteiger partial charge in [-0.15, -0.1) is 0 Å². The Balaban J connectivity index is 2.78. The predicted molar refractivity (Wildman–Crippen MR) is 65.4 cm³/mol. The predicted octanol–water partition coefficient (Wildman–Crippen LogP) is 2.03. The molecule has 0 aliphatic heterocycles. The minimum absolute atomic E-state index is 0.0945. The number of aliphatic hydroxyl groups is 1. The molecule has 3 heteroatoms. The summed E-state index contributed by atoms with van der Waals surface area (Å²) < 4.78 is 5.55. The van der Waals surface area contributed by atoms with Gasteiger partial charge < -0.3 is 15.6 Å². The van der Waals surface area contributed by atoms with E-state index in [0.29, 0.717) is 6.42 Å². The van der Waals surface area contributed by atoms with Crippen molar-refractivity contribution < 1.29 is 9.84 Å². The molecular weight excluding hydrogens is 202 g/mol. The highest BCUT2D eigenvalue weighted by atomic mass is 16.5. The van der Waals surface area contributed by atoms with Crippen molar-refractivity contribution >= 4 is 0 Å². The zero-order valence-electron chi connectivity index (χ0n) is 10.2. The van der Waals surface area contributed by atoms with E-state index >= 15 is 0 Å². The number of nitrogens with two attached hydrogens (primary N) is 1. The van der Waals surface area contributed by atoms with Crippen molar-refractivity contribution in [2.24, 2.45) is 5.73 Å². The molecule has 3 N–H and O–H groups in total. The van der Waals surface area contributed by atoms with Crippen LogP contribution in [0.15, 0.2) is 24.3 Å². The highest BCUT2D eigenvalue weighted by Crippen LogP contribution is 2.24. The summed E-state index contributed by atoms with van der Waals surface area (Å²) in [4.78, 5) is 0. The quantitative estimate of drug-likeness (QED) is 0.803. The Morgan fingerprint density at radius 2 is 1.88 bits per heavy atom. The molecule has 0 aromatic heterocycles. The average molecular weight is 223 g/mol. The van der Waals surface area contributed by atoms with Crippen LogP contribution in [0.4, 0.5) is 0 Å². The summed E-state index contributed by atoms with van der Waals surface area (Å²) in [6, 6.07) is 7.73. The summed E-state index contributed by atoms with van der Waals surface area (Å²) in [6.07, 6.45) is 0.727. The van der Waals surface area contributed by atoms with Gasteiger partial charge in [0.25, 0.3) is 0 Å². The Hall–Kier alpha value is -1.06. The van der Waals surface area contributed by atoms with Crippen LogP contribution in [-0.4, -0.2) is 17.8 Å². The lowest BCUT2D eigenvalue weighted by Crippen LogP contribution is -2.33. The van der Waals surface area contributed by atoms with E-state index in [-0.39, 0.29) is 12.7 Å². The van der Waals surface area contributed by atoms with Gasteiger partial charge in [-0.2, -0.15) is 0 Å². The molecule has 0 fully saturated rings. The van der Waals surface area contributed by atoms with E-state index in [9.17, 15) is 0 Å². The number of hydrogen-bond acceptors (Lipinski definition) is 3. The SMILES string of the molecule is CC(C)Oc1ccc(C(C)(N)CCO)cc1. The first kappa shape index (κ1) is 13.0. The molecule has 1 rings (SSSR count). The monoisotopic (exact) mass is 223 g/mol. The van der Waals surface area contributed by atoms with Crippen LogP contribution in [-0.2, 0) is 5.54 Å². The molecule has 0 bridgehead atoms. The standard InChI is InChI=1S/C13H21NO2/c1-10(2)16-12-6-4-11(5-7-12)13(3,14)8-9-15/h4-7,10,15H,8-9,14H2,1-3H3. The van der Waals surface area contributed by atoms with E-state index in [0.717, 1.165) is 11.3 Å². The highest BCUT2D eigenvalue weighted by Gasteiger charge is 2.20. The van der Waals surface area contributed by atoms with Gasteiger partial charge in [0.15, 0.2) is 0 Å². The van der Waals surface area contributed by atoms with Gasteiger partial charge in [0.1, 0.15) is 5.75 Å². The lowest BCUT2D eigenvalue weighted by Gasteiger charge is -2.24. The molecule has 1 aromatic carbocycles. The number of rotatable bonds is 5. The molecule has 0 amide bonds. The Labute approximate surface area is 97.2 Å². The number of hydrogen-bond donors (Lipinski definition) is 2. The van der Waals surface area contributed by atoms with Crippen LogP contribution in [0.25, 0.3) is 0 Å². The zero-order valence-corrected chi connectivity index (χ0v) is 10.2. The van der Waals surface area contributed by atoms with Crippen LogP contribution < -0.4 is 10.5 Å². The van der Waals surface area contributed by atoms with Crippen LogP contribution in [0.3, 0.4) is 0 Å². The van der Waals surface area contributed by atoms with Crippen LogP contribution >= 0.6 is 0 Å². The first-order valence-electron chi connectivity index (χ1n) is 5.62. The number of ether oxygens (including phenoxy) is 1. The number of aliphatic hydroxyl groups excluding tert-OH is 1. The number of benzene rings is 1. The molecule has 16 heavy (non-hydrogen) atoms. The topological polar surface area (TPSA) is 55.5 Å². The third-order valence-corrected chi connectivity index (χ3v) is 2.52. The molecule has 1 atom stereocenters. The largest absolute Gasteiger partial charge is 0.491 e. The Morgan fingerprint density at radius 3 is 2.31 bits per heavy atom. The molecule has 0 heterocycles. The minimum Gasteiger partial charge on any atom is -0.491 e. The molecule has 0 aliphatic carbocycles. The zero-order chi connectivity index (χ0) is 12.2. The van der Waals surface area contributed by atoms with Crippen molar-refractivity contribution in [3.63, 3.8) is 0 Å². The van der Waals surface area contributed by atoms with Crippen LogP contribution in [0.2, 0.25) is 0 Å². The fourth-order valence-electron chi connectivity index (χ4n) is 1.56. The van der Waals surface area contributed by atoms with Crippen LogP contribution in [0.5, 0.6) is 5.75 Å². The van der Waals surface area contributed by atoms with Crippen molar-refractivity contribution in [1.29, 1.82) is 0 Å². The Morgan fingerprint density at radius 1 is 1.31 bits per heavy atom. The maximum atomic E-state index is 8.93. The van der Waals surface area contributed by atoms with Crippen molar-refractivity contribution in [2.75, 3.05) is 6.61 Å². The second kappa shape index (κ2) is 5.32. The van der Waals surface area contributed by atoms with Gasteiger partial charge in [-0.05, 0) is 44.9 Å². The minimum atomic E-state index is -0.481. The van der Waals surface area contributed by atoms with Gasteiger partial charge >= 0.3 is 0 Å². The van der Waals surface area contributed by atoms with E-state index < -0.39 is 5.54 Å². The molecule has 1 unspecified atom stereocenters. The van der Waals surface area contributed by atoms with E-state index in [1.165, 1.54) is 0 Å². The summed E-state index contributed by atoms with van der Waals surface area (Å²) in [5.41, 5.74) is 6.63. The van der Waals surface area contributed by atoms with Crippen molar-refractivity contribution in [1.82, 2.24) is 0 Å². The highest BCUT2D eigenvalue weighted by molar-refractivity contribution is 5.31. The van der Waals surface area contributed by atoms with Crippen LogP contribution in [0, 0.1) is 0 Å². The van der Waals surface area contributed by atoms with Gasteiger partial charge in [-0.3, -0.25) is 0 Å². The van der Waals surface area contributed by atoms with Gasteiger partial charge in [0.2, 0.25) is 0 Å². The van der Waals surface area contributed by atoms with Gasteiger partial charge in [0, 0.05) is 12.1 Å². The lowest BCUT2D eigenvalue weighted by molar-refractivity contribution is 0.241. The van der Waals surface area contributed by atoms with E-state index in [4.69, 9.17) is 15.6 Å². The molecule has 0 saturated heterocycles. The second-order valence-electron chi connectivity index (χ2n) is 4.58. The summed E-state index contributed by atoms with van der Waals surface area (Å²) in [5.74, 6) is 0.846. The fraction of sp³-hybridized carbons (Fsp3) is 0.538.